The summed E-state index contributed by atoms with van der Waals surface area (Å²) in [7, 11) is 0. The number of hydrogen-bond acceptors (Lipinski definition) is 15. The van der Waals surface area contributed by atoms with Crippen molar-refractivity contribution in [2.24, 2.45) is 5.92 Å². The lowest BCUT2D eigenvalue weighted by Crippen LogP contribution is -2.15. The van der Waals surface area contributed by atoms with Crippen LogP contribution in [0, 0.1) is 5.92 Å². The minimum Gasteiger partial charge on any atom is -0.394 e. The van der Waals surface area contributed by atoms with Crippen LogP contribution in [0.15, 0.2) is 0 Å². The standard InChI is InChI=1S/C41H84O15/c1-41(2)11-9-7-5-3-4-6-8-10-13-43-15-17-45-19-21-47-23-25-49-27-29-51-31-33-53-35-37-55-39-40-56-38-36-54-34-32-52-30-28-50-26-24-48-22-20-46-18-16-44-14-12-42/h41-42H,3-40H2,1-2H3. The Labute approximate surface area is 340 Å². The Morgan fingerprint density at radius 2 is 0.411 bits per heavy atom. The molecular weight excluding hydrogens is 732 g/mol. The van der Waals surface area contributed by atoms with Crippen LogP contribution in [0.1, 0.15) is 71.6 Å². The molecule has 56 heavy (non-hydrogen) atoms. The van der Waals surface area contributed by atoms with Gasteiger partial charge in [0.15, 0.2) is 0 Å². The highest BCUT2D eigenvalue weighted by Gasteiger charge is 1.99. The van der Waals surface area contributed by atoms with Crippen molar-refractivity contribution < 1.29 is 71.4 Å². The van der Waals surface area contributed by atoms with E-state index >= 15 is 0 Å². The van der Waals surface area contributed by atoms with Gasteiger partial charge in [-0.3, -0.25) is 0 Å². The van der Waals surface area contributed by atoms with Crippen LogP contribution in [0.25, 0.3) is 0 Å². The molecule has 0 aliphatic carbocycles. The van der Waals surface area contributed by atoms with Crippen molar-refractivity contribution in [1.82, 2.24) is 0 Å². The number of rotatable bonds is 52. The average Bonchev–Trinajstić information content (AvgIpc) is 3.20. The van der Waals surface area contributed by atoms with Crippen LogP contribution in [0.2, 0.25) is 0 Å². The Bertz CT molecular complexity index is 681. The fraction of sp³-hybridized carbons (Fsp3) is 1.00. The molecule has 338 valence electrons. The van der Waals surface area contributed by atoms with Crippen LogP contribution in [-0.2, 0) is 66.3 Å². The maximum absolute atomic E-state index is 8.59. The van der Waals surface area contributed by atoms with Gasteiger partial charge in [0, 0.05) is 6.61 Å². The second-order valence-corrected chi connectivity index (χ2v) is 13.3. The van der Waals surface area contributed by atoms with Gasteiger partial charge < -0.3 is 71.4 Å². The van der Waals surface area contributed by atoms with Crippen molar-refractivity contribution in [2.75, 3.05) is 192 Å². The van der Waals surface area contributed by atoms with E-state index in [1.54, 1.807) is 0 Å². The Morgan fingerprint density at radius 3 is 0.625 bits per heavy atom. The van der Waals surface area contributed by atoms with Gasteiger partial charge in [0.05, 0.1) is 185 Å². The van der Waals surface area contributed by atoms with E-state index in [1.165, 1.54) is 51.4 Å². The summed E-state index contributed by atoms with van der Waals surface area (Å²) >= 11 is 0. The van der Waals surface area contributed by atoms with Crippen LogP contribution in [0.4, 0.5) is 0 Å². The predicted molar refractivity (Wildman–Crippen MR) is 215 cm³/mol. The first-order valence-corrected chi connectivity index (χ1v) is 21.5. The van der Waals surface area contributed by atoms with Crippen molar-refractivity contribution >= 4 is 0 Å². The first kappa shape index (κ1) is 55.4. The molecule has 0 rings (SSSR count). The first-order valence-electron chi connectivity index (χ1n) is 21.5. The maximum Gasteiger partial charge on any atom is 0.0701 e. The summed E-state index contributed by atoms with van der Waals surface area (Å²) in [5.41, 5.74) is 0. The third kappa shape index (κ3) is 53.4. The highest BCUT2D eigenvalue weighted by molar-refractivity contribution is 4.50. The zero-order chi connectivity index (χ0) is 40.3. The fourth-order valence-corrected chi connectivity index (χ4v) is 4.84. The van der Waals surface area contributed by atoms with E-state index in [-0.39, 0.29) is 6.61 Å². The molecule has 0 radical (unpaired) electrons. The molecule has 1 N–H and O–H groups in total. The summed E-state index contributed by atoms with van der Waals surface area (Å²) in [5, 5.41) is 8.59. The highest BCUT2D eigenvalue weighted by Crippen LogP contribution is 2.12. The quantitative estimate of drug-likeness (QED) is 0.0866. The van der Waals surface area contributed by atoms with Crippen molar-refractivity contribution in [3.8, 4) is 0 Å². The van der Waals surface area contributed by atoms with E-state index in [1.807, 2.05) is 0 Å². The Hall–Kier alpha value is -0.600. The van der Waals surface area contributed by atoms with Crippen LogP contribution < -0.4 is 0 Å². The van der Waals surface area contributed by atoms with Gasteiger partial charge >= 0.3 is 0 Å². The topological polar surface area (TPSA) is 149 Å². The van der Waals surface area contributed by atoms with Crippen LogP contribution >= 0.6 is 0 Å². The summed E-state index contributed by atoms with van der Waals surface area (Å²) in [5.74, 6) is 0.844. The molecule has 0 aromatic carbocycles. The molecule has 0 heterocycles. The second-order valence-electron chi connectivity index (χ2n) is 13.3. The van der Waals surface area contributed by atoms with Crippen molar-refractivity contribution in [3.05, 3.63) is 0 Å². The van der Waals surface area contributed by atoms with Gasteiger partial charge in [0.2, 0.25) is 0 Å². The largest absolute Gasteiger partial charge is 0.394 e. The third-order valence-corrected chi connectivity index (χ3v) is 7.89. The molecule has 0 fully saturated rings. The second kappa shape index (κ2) is 52.4. The molecule has 15 nitrogen and oxygen atoms in total. The molecule has 0 spiro atoms. The Morgan fingerprint density at radius 1 is 0.232 bits per heavy atom. The Kier molecular flexibility index (Phi) is 51.9. The zero-order valence-electron chi connectivity index (χ0n) is 35.6. The fourth-order valence-electron chi connectivity index (χ4n) is 4.84. The lowest BCUT2D eigenvalue weighted by molar-refractivity contribution is -0.0297. The van der Waals surface area contributed by atoms with Crippen LogP contribution in [0.5, 0.6) is 0 Å². The number of unbranched alkanes of at least 4 members (excludes halogenated alkanes) is 7. The minimum absolute atomic E-state index is 0.0245. The van der Waals surface area contributed by atoms with Crippen molar-refractivity contribution in [1.29, 1.82) is 0 Å². The molecule has 0 aliphatic heterocycles. The zero-order valence-corrected chi connectivity index (χ0v) is 35.6. The molecule has 0 aromatic rings. The number of aliphatic hydroxyl groups excluding tert-OH is 1. The van der Waals surface area contributed by atoms with Gasteiger partial charge in [-0.1, -0.05) is 65.2 Å². The summed E-state index contributed by atoms with van der Waals surface area (Å²) in [6, 6.07) is 0. The molecule has 0 bridgehead atoms. The van der Waals surface area contributed by atoms with Gasteiger partial charge in [0.1, 0.15) is 0 Å². The maximum atomic E-state index is 8.59. The van der Waals surface area contributed by atoms with Crippen LogP contribution in [0.3, 0.4) is 0 Å². The van der Waals surface area contributed by atoms with Gasteiger partial charge in [0.25, 0.3) is 0 Å². The molecule has 15 heteroatoms. The molecule has 0 saturated heterocycles. The molecular formula is C41H84O15. The van der Waals surface area contributed by atoms with Gasteiger partial charge in [-0.15, -0.1) is 0 Å². The van der Waals surface area contributed by atoms with Gasteiger partial charge in [-0.2, -0.15) is 0 Å². The molecule has 0 atom stereocenters. The SMILES string of the molecule is CC(C)CCCCCCCCCCOCCOCCOCCOCCOCCOCCOCCOCCOCCOCCOCCOCCOCCOCCO. The van der Waals surface area contributed by atoms with Gasteiger partial charge in [-0.05, 0) is 12.3 Å². The monoisotopic (exact) mass is 817 g/mol. The van der Waals surface area contributed by atoms with E-state index in [0.29, 0.717) is 178 Å². The normalized spacial score (nSPS) is 11.8. The van der Waals surface area contributed by atoms with Gasteiger partial charge in [-0.25, -0.2) is 0 Å². The van der Waals surface area contributed by atoms with Crippen molar-refractivity contribution in [2.45, 2.75) is 71.6 Å². The van der Waals surface area contributed by atoms with Crippen LogP contribution in [-0.4, -0.2) is 197 Å². The third-order valence-electron chi connectivity index (χ3n) is 7.89. The molecule has 0 saturated carbocycles. The number of aliphatic hydroxyl groups is 1. The Balaban J connectivity index is 3.05. The van der Waals surface area contributed by atoms with E-state index in [4.69, 9.17) is 71.4 Å². The van der Waals surface area contributed by atoms with E-state index < -0.39 is 0 Å². The molecule has 0 aromatic heterocycles. The van der Waals surface area contributed by atoms with Crippen molar-refractivity contribution in [3.63, 3.8) is 0 Å². The summed E-state index contributed by atoms with van der Waals surface area (Å²) < 4.78 is 76.6. The molecule has 0 amide bonds. The lowest BCUT2D eigenvalue weighted by atomic mass is 10.0. The number of hydrogen-bond donors (Lipinski definition) is 1. The summed E-state index contributed by atoms with van der Waals surface area (Å²) in [6.07, 6.45) is 12.0. The molecule has 0 unspecified atom stereocenters. The van der Waals surface area contributed by atoms with E-state index in [2.05, 4.69) is 13.8 Å². The van der Waals surface area contributed by atoms with E-state index in [0.717, 1.165) is 18.9 Å². The molecule has 0 aliphatic rings. The highest BCUT2D eigenvalue weighted by atomic mass is 16.6. The average molecular weight is 817 g/mol. The van der Waals surface area contributed by atoms with E-state index in [9.17, 15) is 0 Å². The number of ether oxygens (including phenoxy) is 14. The minimum atomic E-state index is 0.0245. The summed E-state index contributed by atoms with van der Waals surface area (Å²) in [4.78, 5) is 0. The lowest BCUT2D eigenvalue weighted by Gasteiger charge is -2.09. The predicted octanol–water partition coefficient (Wildman–Crippen LogP) is 4.38. The smallest absolute Gasteiger partial charge is 0.0701 e. The summed E-state index contributed by atoms with van der Waals surface area (Å²) in [6.45, 7) is 19.3. The first-order chi connectivity index (χ1) is 27.8.